The minimum absolute atomic E-state index is 0.0180. The molecule has 0 aromatic heterocycles. The normalized spacial score (nSPS) is 14.4. The number of anilines is 2. The van der Waals surface area contributed by atoms with Gasteiger partial charge in [0.25, 0.3) is 15.9 Å². The van der Waals surface area contributed by atoms with Gasteiger partial charge >= 0.3 is 6.18 Å². The number of nitrogens with zero attached hydrogens (tertiary/aromatic N) is 2. The number of hydrogen-bond acceptors (Lipinski definition) is 8. The first kappa shape index (κ1) is 38.7. The summed E-state index contributed by atoms with van der Waals surface area (Å²) in [6.45, 7) is 4.66. The molecule has 0 bridgehead atoms. The predicted octanol–water partition coefficient (Wildman–Crippen LogP) is 8.42. The highest BCUT2D eigenvalue weighted by Crippen LogP contribution is 2.37. The molecule has 1 aliphatic heterocycles. The molecular weight excluding hydrogens is 741 g/mol. The quantitative estimate of drug-likeness (QED) is 0.0660. The molecule has 1 saturated heterocycles. The number of rotatable bonds is 12. The van der Waals surface area contributed by atoms with Crippen molar-refractivity contribution in [3.63, 3.8) is 0 Å². The molecule has 8 nitrogen and oxygen atoms in total. The second kappa shape index (κ2) is 16.5. The fraction of sp³-hybridized carbons (Fsp3) is 0.225. The molecule has 3 N–H and O–H groups in total. The predicted molar refractivity (Wildman–Crippen MR) is 204 cm³/mol. The number of hydrogen-bond donors (Lipinski definition) is 3. The maximum absolute atomic E-state index is 15.2. The van der Waals surface area contributed by atoms with Crippen LogP contribution in [0.15, 0.2) is 125 Å². The molecule has 6 rings (SSSR count). The van der Waals surface area contributed by atoms with E-state index < -0.39 is 32.6 Å². The number of sulfonamides is 1. The van der Waals surface area contributed by atoms with E-state index in [1.165, 1.54) is 30.0 Å². The number of carbonyl (C=O) groups excluding carboxylic acids is 1. The van der Waals surface area contributed by atoms with Crippen molar-refractivity contribution in [1.82, 2.24) is 9.62 Å². The Kier molecular flexibility index (Phi) is 11.8. The van der Waals surface area contributed by atoms with E-state index in [-0.39, 0.29) is 35.4 Å². The third-order valence-corrected chi connectivity index (χ3v) is 11.6. The van der Waals surface area contributed by atoms with Gasteiger partial charge in [0.1, 0.15) is 11.6 Å². The Balaban J connectivity index is 1.04. The number of aromatic hydroxyl groups is 1. The third kappa shape index (κ3) is 9.35. The minimum atomic E-state index is -4.85. The molecule has 5 aromatic rings. The highest BCUT2D eigenvalue weighted by molar-refractivity contribution is 7.99. The van der Waals surface area contributed by atoms with Crippen LogP contribution in [0.5, 0.6) is 5.75 Å². The van der Waals surface area contributed by atoms with Gasteiger partial charge in [-0.3, -0.25) is 9.69 Å². The van der Waals surface area contributed by atoms with Crippen LogP contribution in [0.4, 0.5) is 28.9 Å². The average Bonchev–Trinajstić information content (AvgIpc) is 3.16. The van der Waals surface area contributed by atoms with Crippen LogP contribution in [0.25, 0.3) is 11.1 Å². The maximum atomic E-state index is 15.2. The molecule has 1 atom stereocenters. The highest BCUT2D eigenvalue weighted by atomic mass is 32.2. The SMILES string of the molecule is CC(c1ccc(-c2cccc(O)c2)cc1F)N1CCN(c2ccc(C(=O)NS(=O)(=O)c3ccc(NCCSc4ccccc4)c(C(F)(F)F)c3)cc2)CC1. The van der Waals surface area contributed by atoms with E-state index >= 15 is 4.39 Å². The highest BCUT2D eigenvalue weighted by Gasteiger charge is 2.35. The lowest BCUT2D eigenvalue weighted by molar-refractivity contribution is -0.137. The monoisotopic (exact) mass is 778 g/mol. The zero-order valence-electron chi connectivity index (χ0n) is 29.2. The second-order valence-corrected chi connectivity index (χ2v) is 15.6. The number of piperazine rings is 1. The summed E-state index contributed by atoms with van der Waals surface area (Å²) in [7, 11) is -4.64. The van der Waals surface area contributed by atoms with Gasteiger partial charge in [-0.15, -0.1) is 11.8 Å². The van der Waals surface area contributed by atoms with E-state index in [9.17, 15) is 31.5 Å². The molecule has 282 valence electrons. The first-order valence-electron chi connectivity index (χ1n) is 17.2. The van der Waals surface area contributed by atoms with Gasteiger partial charge in [-0.2, -0.15) is 13.2 Å². The molecular formula is C40H38F4N4O4S2. The minimum Gasteiger partial charge on any atom is -0.508 e. The average molecular weight is 779 g/mol. The third-order valence-electron chi connectivity index (χ3n) is 9.25. The van der Waals surface area contributed by atoms with Crippen LogP contribution in [-0.2, 0) is 16.2 Å². The van der Waals surface area contributed by atoms with E-state index in [4.69, 9.17) is 0 Å². The van der Waals surface area contributed by atoms with Crippen molar-refractivity contribution in [2.45, 2.75) is 28.9 Å². The Morgan fingerprint density at radius 1 is 0.852 bits per heavy atom. The van der Waals surface area contributed by atoms with Crippen LogP contribution in [0.3, 0.4) is 0 Å². The number of phenolic OH excluding ortho intramolecular Hbond substituents is 1. The van der Waals surface area contributed by atoms with Crippen molar-refractivity contribution in [3.05, 3.63) is 138 Å². The lowest BCUT2D eigenvalue weighted by Gasteiger charge is -2.39. The Morgan fingerprint density at radius 3 is 2.22 bits per heavy atom. The molecule has 0 radical (unpaired) electrons. The van der Waals surface area contributed by atoms with Crippen molar-refractivity contribution in [1.29, 1.82) is 0 Å². The topological polar surface area (TPSA) is 102 Å². The Labute approximate surface area is 315 Å². The first-order chi connectivity index (χ1) is 25.8. The summed E-state index contributed by atoms with van der Waals surface area (Å²) in [6.07, 6.45) is -4.85. The first-order valence-corrected chi connectivity index (χ1v) is 19.6. The van der Waals surface area contributed by atoms with Crippen LogP contribution < -0.4 is 14.9 Å². The summed E-state index contributed by atoms with van der Waals surface area (Å²) in [5.74, 6) is -0.728. The number of alkyl halides is 3. The van der Waals surface area contributed by atoms with Crippen LogP contribution >= 0.6 is 11.8 Å². The Morgan fingerprint density at radius 2 is 1.56 bits per heavy atom. The van der Waals surface area contributed by atoms with Crippen LogP contribution in [0.1, 0.15) is 34.5 Å². The molecule has 0 saturated carbocycles. The van der Waals surface area contributed by atoms with Gasteiger partial charge in [0.2, 0.25) is 0 Å². The second-order valence-electron chi connectivity index (χ2n) is 12.8. The number of amides is 1. The molecule has 1 aliphatic rings. The largest absolute Gasteiger partial charge is 0.508 e. The van der Waals surface area contributed by atoms with E-state index in [1.54, 1.807) is 42.5 Å². The standard InChI is InChI=1S/C40H38F4N4O4S2/c1-27(35-16-12-30(25-37(35)41)29-6-5-7-32(49)24-29)47-19-21-48(22-20-47)31-13-10-28(11-14-31)39(50)46-54(51,52)34-15-17-38(36(26-34)40(42,43)44)45-18-23-53-33-8-3-2-4-9-33/h2-17,24-27,45,49H,18-23H2,1H3,(H,46,50). The zero-order chi connectivity index (χ0) is 38.5. The zero-order valence-corrected chi connectivity index (χ0v) is 30.8. The van der Waals surface area contributed by atoms with Crippen LogP contribution in [0, 0.1) is 5.82 Å². The van der Waals surface area contributed by atoms with E-state index in [2.05, 4.69) is 15.1 Å². The van der Waals surface area contributed by atoms with E-state index in [0.717, 1.165) is 28.3 Å². The number of nitrogens with one attached hydrogen (secondary N) is 2. The summed E-state index contributed by atoms with van der Waals surface area (Å²) >= 11 is 1.47. The lowest BCUT2D eigenvalue weighted by Crippen LogP contribution is -2.47. The fourth-order valence-corrected chi connectivity index (χ4v) is 8.10. The van der Waals surface area contributed by atoms with E-state index in [1.807, 2.05) is 48.0 Å². The lowest BCUT2D eigenvalue weighted by atomic mass is 9.99. The number of benzene rings is 5. The van der Waals surface area contributed by atoms with Crippen molar-refractivity contribution in [3.8, 4) is 16.9 Å². The molecule has 14 heteroatoms. The van der Waals surface area contributed by atoms with Gasteiger partial charge in [-0.25, -0.2) is 17.5 Å². The summed E-state index contributed by atoms with van der Waals surface area (Å²) in [6, 6.07) is 29.8. The smallest absolute Gasteiger partial charge is 0.418 e. The number of thioether (sulfide) groups is 1. The summed E-state index contributed by atoms with van der Waals surface area (Å²) in [5, 5.41) is 12.5. The van der Waals surface area contributed by atoms with E-state index in [0.29, 0.717) is 49.1 Å². The molecule has 0 aliphatic carbocycles. The van der Waals surface area contributed by atoms with Gasteiger partial charge in [-0.1, -0.05) is 42.5 Å². The molecule has 1 fully saturated rings. The van der Waals surface area contributed by atoms with Crippen molar-refractivity contribution < 1.29 is 35.9 Å². The van der Waals surface area contributed by atoms with Gasteiger partial charge < -0.3 is 15.3 Å². The van der Waals surface area contributed by atoms with Crippen LogP contribution in [-0.4, -0.2) is 62.8 Å². The molecule has 54 heavy (non-hydrogen) atoms. The molecule has 1 heterocycles. The summed E-state index contributed by atoms with van der Waals surface area (Å²) < 4.78 is 85.2. The summed E-state index contributed by atoms with van der Waals surface area (Å²) in [4.78, 5) is 17.5. The maximum Gasteiger partial charge on any atom is 0.418 e. The molecule has 1 amide bonds. The van der Waals surface area contributed by atoms with Gasteiger partial charge in [0.15, 0.2) is 0 Å². The molecule has 0 spiro atoms. The summed E-state index contributed by atoms with van der Waals surface area (Å²) in [5.41, 5.74) is 1.34. The van der Waals surface area contributed by atoms with Crippen LogP contribution in [0.2, 0.25) is 0 Å². The van der Waals surface area contributed by atoms with Gasteiger partial charge in [0, 0.05) is 71.9 Å². The van der Waals surface area contributed by atoms with Crippen molar-refractivity contribution in [2.75, 3.05) is 48.7 Å². The molecule has 5 aromatic carbocycles. The van der Waals surface area contributed by atoms with Crippen molar-refractivity contribution >= 4 is 39.1 Å². The van der Waals surface area contributed by atoms with Gasteiger partial charge in [-0.05, 0) is 90.8 Å². The number of halogens is 4. The fourth-order valence-electron chi connectivity index (χ4n) is 6.31. The van der Waals surface area contributed by atoms with Crippen molar-refractivity contribution in [2.24, 2.45) is 0 Å². The Bertz CT molecular complexity index is 2200. The van der Waals surface area contributed by atoms with Gasteiger partial charge in [0.05, 0.1) is 10.5 Å². The Hall–Kier alpha value is -5.05. The number of carbonyl (C=O) groups is 1. The molecule has 1 unspecified atom stereocenters. The number of phenols is 1.